The van der Waals surface area contributed by atoms with Gasteiger partial charge in [0.15, 0.2) is 5.82 Å². The lowest BCUT2D eigenvalue weighted by Gasteiger charge is -2.13. The summed E-state index contributed by atoms with van der Waals surface area (Å²) in [5.41, 5.74) is 1.07. The van der Waals surface area contributed by atoms with Crippen LogP contribution in [0.3, 0.4) is 0 Å². The summed E-state index contributed by atoms with van der Waals surface area (Å²) in [7, 11) is 0. The fourth-order valence-corrected chi connectivity index (χ4v) is 3.15. The van der Waals surface area contributed by atoms with Crippen molar-refractivity contribution in [2.45, 2.75) is 19.9 Å². The van der Waals surface area contributed by atoms with Gasteiger partial charge in [0.05, 0.1) is 32.3 Å². The van der Waals surface area contributed by atoms with Crippen LogP contribution in [0.25, 0.3) is 10.9 Å². The highest BCUT2D eigenvalue weighted by atomic mass is 35.5. The molecule has 1 aromatic heterocycles. The van der Waals surface area contributed by atoms with Gasteiger partial charge in [0, 0.05) is 18.7 Å². The van der Waals surface area contributed by atoms with Crippen LogP contribution < -0.4 is 16.0 Å². The number of benzene rings is 2. The lowest BCUT2D eigenvalue weighted by molar-refractivity contribution is -0.111. The maximum Gasteiger partial charge on any atom is 0.248 e. The van der Waals surface area contributed by atoms with Crippen LogP contribution in [-0.2, 0) is 4.79 Å². The van der Waals surface area contributed by atoms with Crippen LogP contribution in [0, 0.1) is 5.82 Å². The van der Waals surface area contributed by atoms with Gasteiger partial charge in [-0.2, -0.15) is 0 Å². The van der Waals surface area contributed by atoms with Crippen LogP contribution in [0.4, 0.5) is 21.6 Å². The fraction of sp³-hybridized carbons (Fsp3) is 0.190. The number of aromatic nitrogens is 2. The van der Waals surface area contributed by atoms with Crippen molar-refractivity contribution in [1.29, 1.82) is 0 Å². The largest absolute Gasteiger partial charge is 0.337 e. The zero-order chi connectivity index (χ0) is 21.7. The fourth-order valence-electron chi connectivity index (χ4n) is 2.68. The molecule has 0 bridgehead atoms. The van der Waals surface area contributed by atoms with Crippen LogP contribution in [0.2, 0.25) is 10.0 Å². The molecule has 9 heteroatoms. The van der Waals surface area contributed by atoms with Crippen molar-refractivity contribution in [2.75, 3.05) is 17.2 Å². The monoisotopic (exact) mass is 447 g/mol. The molecule has 3 rings (SSSR count). The lowest BCUT2D eigenvalue weighted by Crippen LogP contribution is -2.22. The van der Waals surface area contributed by atoms with Crippen molar-refractivity contribution < 1.29 is 9.18 Å². The van der Waals surface area contributed by atoms with Gasteiger partial charge < -0.3 is 16.0 Å². The van der Waals surface area contributed by atoms with E-state index in [4.69, 9.17) is 23.2 Å². The van der Waals surface area contributed by atoms with Crippen molar-refractivity contribution in [3.8, 4) is 0 Å². The Morgan fingerprint density at radius 3 is 2.73 bits per heavy atom. The molecule has 0 aliphatic rings. The molecule has 1 heterocycles. The van der Waals surface area contributed by atoms with Crippen LogP contribution >= 0.6 is 23.2 Å². The van der Waals surface area contributed by atoms with E-state index in [0.29, 0.717) is 35.0 Å². The van der Waals surface area contributed by atoms with E-state index in [1.165, 1.54) is 24.5 Å². The Kier molecular flexibility index (Phi) is 7.20. The summed E-state index contributed by atoms with van der Waals surface area (Å²) < 4.78 is 14.3. The van der Waals surface area contributed by atoms with Gasteiger partial charge in [-0.3, -0.25) is 4.79 Å². The minimum Gasteiger partial charge on any atom is -0.337 e. The molecule has 0 atom stereocenters. The first-order valence-electron chi connectivity index (χ1n) is 9.22. The number of halogens is 3. The first kappa shape index (κ1) is 22.0. The number of nitrogens with zero attached hydrogens (tertiary/aromatic N) is 2. The summed E-state index contributed by atoms with van der Waals surface area (Å²) >= 11 is 12.4. The molecular formula is C21H20Cl2FN5O. The second-order valence-electron chi connectivity index (χ2n) is 6.72. The van der Waals surface area contributed by atoms with Gasteiger partial charge >= 0.3 is 0 Å². The van der Waals surface area contributed by atoms with Crippen molar-refractivity contribution in [2.24, 2.45) is 0 Å². The van der Waals surface area contributed by atoms with Gasteiger partial charge in [-0.05, 0) is 24.3 Å². The predicted octanol–water partition coefficient (Wildman–Crippen LogP) is 5.31. The maximum atomic E-state index is 14.3. The normalized spacial score (nSPS) is 11.4. The van der Waals surface area contributed by atoms with E-state index in [-0.39, 0.29) is 21.6 Å². The molecule has 3 N–H and O–H groups in total. The number of anilines is 3. The van der Waals surface area contributed by atoms with E-state index < -0.39 is 5.82 Å². The number of carbonyl (C=O) groups excluding carboxylic acids is 1. The van der Waals surface area contributed by atoms with Gasteiger partial charge in [-0.15, -0.1) is 0 Å². The van der Waals surface area contributed by atoms with Crippen LogP contribution in [0.15, 0.2) is 48.8 Å². The summed E-state index contributed by atoms with van der Waals surface area (Å²) in [5.74, 6) is -0.639. The SMILES string of the molecule is CC(C)NC/C=C/C(=O)Nc1ccc2ncnc(Nc3cccc(Cl)c3F)c2c1Cl. The molecule has 1 amide bonds. The zero-order valence-electron chi connectivity index (χ0n) is 16.3. The van der Waals surface area contributed by atoms with E-state index >= 15 is 0 Å². The van der Waals surface area contributed by atoms with Crippen molar-refractivity contribution in [1.82, 2.24) is 15.3 Å². The third-order valence-corrected chi connectivity index (χ3v) is 4.80. The van der Waals surface area contributed by atoms with Crippen LogP contribution in [-0.4, -0.2) is 28.5 Å². The molecule has 6 nitrogen and oxygen atoms in total. The van der Waals surface area contributed by atoms with Gasteiger partial charge in [0.2, 0.25) is 5.91 Å². The van der Waals surface area contributed by atoms with E-state index in [1.54, 1.807) is 24.3 Å². The third kappa shape index (κ3) is 5.24. The molecule has 0 unspecified atom stereocenters. The number of nitrogens with one attached hydrogen (secondary N) is 3. The molecule has 2 aromatic carbocycles. The zero-order valence-corrected chi connectivity index (χ0v) is 17.9. The standard InChI is InChI=1S/C21H20Cl2FN5O/c1-12(2)25-10-4-7-17(30)28-15-9-8-14-18(19(15)23)21(27-11-26-14)29-16-6-3-5-13(22)20(16)24/h3-9,11-12,25H,10H2,1-2H3,(H,28,30)(H,26,27,29)/b7-4+. The summed E-state index contributed by atoms with van der Waals surface area (Å²) in [5, 5.41) is 9.48. The van der Waals surface area contributed by atoms with Gasteiger partial charge in [-0.1, -0.05) is 49.2 Å². The number of rotatable bonds is 7. The third-order valence-electron chi connectivity index (χ3n) is 4.12. The maximum absolute atomic E-state index is 14.3. The second-order valence-corrected chi connectivity index (χ2v) is 7.51. The van der Waals surface area contributed by atoms with Gasteiger partial charge in [-0.25, -0.2) is 14.4 Å². The molecule has 156 valence electrons. The Morgan fingerprint density at radius 2 is 1.97 bits per heavy atom. The molecule has 0 saturated heterocycles. The summed E-state index contributed by atoms with van der Waals surface area (Å²) in [6, 6.07) is 8.27. The predicted molar refractivity (Wildman–Crippen MR) is 120 cm³/mol. The number of carbonyl (C=O) groups is 1. The number of hydrogen-bond acceptors (Lipinski definition) is 5. The molecule has 0 aliphatic carbocycles. The van der Waals surface area contributed by atoms with Crippen molar-refractivity contribution in [3.05, 3.63) is 64.7 Å². The molecule has 3 aromatic rings. The first-order valence-corrected chi connectivity index (χ1v) is 9.97. The Bertz CT molecular complexity index is 1100. The molecule has 30 heavy (non-hydrogen) atoms. The highest BCUT2D eigenvalue weighted by Crippen LogP contribution is 2.36. The number of hydrogen-bond donors (Lipinski definition) is 3. The van der Waals surface area contributed by atoms with Gasteiger partial charge in [0.25, 0.3) is 0 Å². The molecule has 0 saturated carbocycles. The Balaban J connectivity index is 1.88. The highest BCUT2D eigenvalue weighted by Gasteiger charge is 2.15. The average molecular weight is 448 g/mol. The van der Waals surface area contributed by atoms with Crippen molar-refractivity contribution in [3.63, 3.8) is 0 Å². The van der Waals surface area contributed by atoms with Crippen molar-refractivity contribution >= 4 is 57.2 Å². The number of amides is 1. The minimum absolute atomic E-state index is 0.0174. The summed E-state index contributed by atoms with van der Waals surface area (Å²) in [6.07, 6.45) is 4.49. The topological polar surface area (TPSA) is 78.9 Å². The quantitative estimate of drug-likeness (QED) is 0.427. The molecule has 0 spiro atoms. The Hall–Kier alpha value is -2.74. The van der Waals surface area contributed by atoms with E-state index in [0.717, 1.165) is 0 Å². The number of fused-ring (bicyclic) bond motifs is 1. The van der Waals surface area contributed by atoms with Crippen LogP contribution in [0.5, 0.6) is 0 Å². The van der Waals surface area contributed by atoms with E-state index in [9.17, 15) is 9.18 Å². The lowest BCUT2D eigenvalue weighted by atomic mass is 10.2. The smallest absolute Gasteiger partial charge is 0.248 e. The molecule has 0 radical (unpaired) electrons. The second kappa shape index (κ2) is 9.84. The first-order chi connectivity index (χ1) is 14.4. The van der Waals surface area contributed by atoms with E-state index in [1.807, 2.05) is 13.8 Å². The summed E-state index contributed by atoms with van der Waals surface area (Å²) in [4.78, 5) is 20.6. The Labute approximate surface area is 183 Å². The van der Waals surface area contributed by atoms with Crippen LogP contribution in [0.1, 0.15) is 13.8 Å². The molecule has 0 fully saturated rings. The molecule has 0 aliphatic heterocycles. The average Bonchev–Trinajstić information content (AvgIpc) is 2.71. The van der Waals surface area contributed by atoms with Gasteiger partial charge in [0.1, 0.15) is 12.1 Å². The highest BCUT2D eigenvalue weighted by molar-refractivity contribution is 6.39. The molecular weight excluding hydrogens is 428 g/mol. The summed E-state index contributed by atoms with van der Waals surface area (Å²) in [6.45, 7) is 4.61. The Morgan fingerprint density at radius 1 is 1.17 bits per heavy atom. The minimum atomic E-state index is -0.605. The van der Waals surface area contributed by atoms with E-state index in [2.05, 4.69) is 25.9 Å².